The van der Waals surface area contributed by atoms with Crippen molar-refractivity contribution in [3.8, 4) is 0 Å². The molecule has 3 aromatic rings. The molecule has 0 saturated heterocycles. The second-order valence-electron chi connectivity index (χ2n) is 5.32. The van der Waals surface area contributed by atoms with E-state index in [9.17, 15) is 13.6 Å². The van der Waals surface area contributed by atoms with Gasteiger partial charge in [-0.1, -0.05) is 11.8 Å². The fourth-order valence-corrected chi connectivity index (χ4v) is 3.98. The largest absolute Gasteiger partial charge is 0.383 e. The molecule has 0 aliphatic carbocycles. The molecule has 0 bridgehead atoms. The molecule has 0 fully saturated rings. The summed E-state index contributed by atoms with van der Waals surface area (Å²) in [7, 11) is 0. The number of fused-ring (bicyclic) bond motifs is 1. The molecule has 5 nitrogen and oxygen atoms in total. The molecule has 1 amide bonds. The number of anilines is 2. The summed E-state index contributed by atoms with van der Waals surface area (Å²) in [4.78, 5) is 22.5. The van der Waals surface area contributed by atoms with Gasteiger partial charge in [0.1, 0.15) is 22.3 Å². The fourth-order valence-electron chi connectivity index (χ4n) is 2.23. The maximum atomic E-state index is 13.5. The van der Waals surface area contributed by atoms with Crippen LogP contribution in [0.1, 0.15) is 10.4 Å². The Morgan fingerprint density at radius 3 is 2.80 bits per heavy atom. The molecule has 130 valence electrons. The van der Waals surface area contributed by atoms with Crippen LogP contribution in [-0.2, 0) is 4.79 Å². The van der Waals surface area contributed by atoms with Gasteiger partial charge in [0.2, 0.25) is 5.91 Å². The van der Waals surface area contributed by atoms with E-state index in [4.69, 9.17) is 5.73 Å². The number of hydrogen-bond acceptors (Lipinski definition) is 6. The third-order valence-electron chi connectivity index (χ3n) is 3.57. The summed E-state index contributed by atoms with van der Waals surface area (Å²) in [5.41, 5.74) is 6.97. The number of carbonyl (C=O) groups excluding carboxylic acids is 1. The minimum atomic E-state index is -0.829. The van der Waals surface area contributed by atoms with Crippen molar-refractivity contribution in [3.63, 3.8) is 0 Å². The molecule has 0 aliphatic rings. The molecule has 0 atom stereocenters. The van der Waals surface area contributed by atoms with Crippen LogP contribution < -0.4 is 11.1 Å². The first-order valence-electron chi connectivity index (χ1n) is 7.26. The topological polar surface area (TPSA) is 80.9 Å². The number of thioether (sulfide) groups is 1. The molecule has 0 aliphatic heterocycles. The zero-order valence-electron chi connectivity index (χ0n) is 13.4. The van der Waals surface area contributed by atoms with E-state index in [1.807, 2.05) is 13.8 Å². The number of nitrogens with two attached hydrogens (primary N) is 1. The second kappa shape index (κ2) is 6.93. The van der Waals surface area contributed by atoms with E-state index >= 15 is 0 Å². The van der Waals surface area contributed by atoms with Gasteiger partial charge < -0.3 is 11.1 Å². The summed E-state index contributed by atoms with van der Waals surface area (Å²) in [5, 5.41) is 3.60. The number of nitrogens with zero attached hydrogens (tertiary/aromatic N) is 2. The summed E-state index contributed by atoms with van der Waals surface area (Å²) in [6, 6.07) is 2.96. The van der Waals surface area contributed by atoms with Crippen molar-refractivity contribution in [2.75, 3.05) is 16.8 Å². The number of halogens is 2. The van der Waals surface area contributed by atoms with Gasteiger partial charge >= 0.3 is 0 Å². The number of aromatic nitrogens is 2. The highest BCUT2D eigenvalue weighted by atomic mass is 32.2. The Hall–Kier alpha value is -2.26. The number of thiophene rings is 1. The van der Waals surface area contributed by atoms with Crippen molar-refractivity contribution in [2.45, 2.75) is 19.0 Å². The van der Waals surface area contributed by atoms with E-state index in [1.54, 1.807) is 0 Å². The van der Waals surface area contributed by atoms with Crippen LogP contribution in [0.15, 0.2) is 23.4 Å². The number of rotatable bonds is 4. The zero-order chi connectivity index (χ0) is 18.1. The highest BCUT2D eigenvalue weighted by molar-refractivity contribution is 7.99. The predicted molar refractivity (Wildman–Crippen MR) is 97.0 cm³/mol. The first kappa shape index (κ1) is 17.6. The minimum Gasteiger partial charge on any atom is -0.383 e. The first-order chi connectivity index (χ1) is 11.8. The number of amides is 1. The van der Waals surface area contributed by atoms with Crippen molar-refractivity contribution >= 4 is 50.7 Å². The van der Waals surface area contributed by atoms with Crippen molar-refractivity contribution in [2.24, 2.45) is 0 Å². The van der Waals surface area contributed by atoms with Crippen molar-refractivity contribution in [1.29, 1.82) is 0 Å². The van der Waals surface area contributed by atoms with E-state index in [2.05, 4.69) is 15.3 Å². The molecule has 2 heterocycles. The van der Waals surface area contributed by atoms with Crippen LogP contribution in [0.4, 0.5) is 20.3 Å². The van der Waals surface area contributed by atoms with Gasteiger partial charge in [-0.3, -0.25) is 4.79 Å². The Morgan fingerprint density at radius 1 is 1.32 bits per heavy atom. The fraction of sp³-hybridized carbons (Fsp3) is 0.188. The lowest BCUT2D eigenvalue weighted by atomic mass is 10.2. The van der Waals surface area contributed by atoms with E-state index in [1.165, 1.54) is 17.4 Å². The van der Waals surface area contributed by atoms with Crippen LogP contribution in [0.3, 0.4) is 0 Å². The summed E-state index contributed by atoms with van der Waals surface area (Å²) < 4.78 is 26.4. The lowest BCUT2D eigenvalue weighted by molar-refractivity contribution is -0.113. The van der Waals surface area contributed by atoms with Crippen molar-refractivity contribution < 1.29 is 13.6 Å². The third-order valence-corrected chi connectivity index (χ3v) is 5.52. The van der Waals surface area contributed by atoms with Crippen LogP contribution in [-0.4, -0.2) is 21.6 Å². The number of hydrogen-bond donors (Lipinski definition) is 2. The van der Waals surface area contributed by atoms with Crippen LogP contribution in [0.2, 0.25) is 0 Å². The van der Waals surface area contributed by atoms with Gasteiger partial charge in [0.05, 0.1) is 16.8 Å². The molecule has 3 rings (SSSR count). The van der Waals surface area contributed by atoms with Gasteiger partial charge in [-0.05, 0) is 31.5 Å². The van der Waals surface area contributed by atoms with Gasteiger partial charge in [0.25, 0.3) is 0 Å². The summed E-state index contributed by atoms with van der Waals surface area (Å²) in [6.45, 7) is 3.95. The van der Waals surface area contributed by atoms with Gasteiger partial charge in [-0.2, -0.15) is 0 Å². The number of benzene rings is 1. The average molecular weight is 380 g/mol. The summed E-state index contributed by atoms with van der Waals surface area (Å²) >= 11 is 2.61. The molecule has 0 saturated carbocycles. The first-order valence-corrected chi connectivity index (χ1v) is 9.06. The monoisotopic (exact) mass is 380 g/mol. The van der Waals surface area contributed by atoms with Crippen LogP contribution in [0, 0.1) is 25.5 Å². The van der Waals surface area contributed by atoms with Crippen LogP contribution in [0.5, 0.6) is 0 Å². The standard InChI is InChI=1S/C16H14F2N4OS2/c1-7-8(2)25-15-13(7)14(19)21-16(22-15)24-6-12(23)20-11-4-3-9(17)5-10(11)18/h3-5H,6H2,1-2H3,(H,20,23)(H2,19,21,22). The van der Waals surface area contributed by atoms with Gasteiger partial charge in [0, 0.05) is 10.9 Å². The molecular weight excluding hydrogens is 366 g/mol. The normalized spacial score (nSPS) is 11.0. The molecule has 0 spiro atoms. The van der Waals surface area contributed by atoms with Gasteiger partial charge in [-0.15, -0.1) is 11.3 Å². The van der Waals surface area contributed by atoms with Crippen molar-refractivity contribution in [3.05, 3.63) is 40.3 Å². The Morgan fingerprint density at radius 2 is 2.08 bits per heavy atom. The Labute approximate surface area is 150 Å². The zero-order valence-corrected chi connectivity index (χ0v) is 15.0. The lowest BCUT2D eigenvalue weighted by Crippen LogP contribution is -2.15. The highest BCUT2D eigenvalue weighted by Gasteiger charge is 2.14. The summed E-state index contributed by atoms with van der Waals surface area (Å²) in [6.07, 6.45) is 0. The number of nitrogen functional groups attached to an aromatic ring is 1. The van der Waals surface area contributed by atoms with Crippen molar-refractivity contribution in [1.82, 2.24) is 9.97 Å². The van der Waals surface area contributed by atoms with E-state index < -0.39 is 17.5 Å². The SMILES string of the molecule is Cc1sc2nc(SCC(=O)Nc3ccc(F)cc3F)nc(N)c2c1C. The Bertz CT molecular complexity index is 974. The van der Waals surface area contributed by atoms with Crippen LogP contribution in [0.25, 0.3) is 10.2 Å². The second-order valence-corrected chi connectivity index (χ2v) is 7.46. The summed E-state index contributed by atoms with van der Waals surface area (Å²) in [5.74, 6) is -1.63. The molecule has 0 radical (unpaired) electrons. The van der Waals surface area contributed by atoms with Crippen LogP contribution >= 0.6 is 23.1 Å². The average Bonchev–Trinajstić information content (AvgIpc) is 2.83. The van der Waals surface area contributed by atoms with E-state index in [-0.39, 0.29) is 11.4 Å². The predicted octanol–water partition coefficient (Wildman–Crippen LogP) is 3.90. The minimum absolute atomic E-state index is 0.0227. The number of carbonyl (C=O) groups is 1. The lowest BCUT2D eigenvalue weighted by Gasteiger charge is -2.06. The molecular formula is C16H14F2N4OS2. The molecule has 1 aromatic carbocycles. The Balaban J connectivity index is 1.70. The van der Waals surface area contributed by atoms with E-state index in [0.717, 1.165) is 38.5 Å². The molecule has 9 heteroatoms. The molecule has 3 N–H and O–H groups in total. The maximum Gasteiger partial charge on any atom is 0.234 e. The Kier molecular flexibility index (Phi) is 4.87. The third kappa shape index (κ3) is 3.72. The van der Waals surface area contributed by atoms with E-state index in [0.29, 0.717) is 17.0 Å². The smallest absolute Gasteiger partial charge is 0.234 e. The van der Waals surface area contributed by atoms with Gasteiger partial charge in [-0.25, -0.2) is 18.7 Å². The highest BCUT2D eigenvalue weighted by Crippen LogP contribution is 2.33. The number of nitrogens with one attached hydrogen (secondary N) is 1. The molecule has 0 unspecified atom stereocenters. The number of aryl methyl sites for hydroxylation is 2. The molecule has 2 aromatic heterocycles. The molecule has 25 heavy (non-hydrogen) atoms. The quantitative estimate of drug-likeness (QED) is 0.530. The van der Waals surface area contributed by atoms with Gasteiger partial charge in [0.15, 0.2) is 5.16 Å². The maximum absolute atomic E-state index is 13.5.